The predicted octanol–water partition coefficient (Wildman–Crippen LogP) is 6.18. The van der Waals surface area contributed by atoms with Crippen molar-refractivity contribution in [3.05, 3.63) is 35.9 Å². The molecule has 0 spiro atoms. The topological polar surface area (TPSA) is 23.5 Å². The van der Waals surface area contributed by atoms with Gasteiger partial charge in [0.1, 0.15) is 0 Å². The average Bonchev–Trinajstić information content (AvgIpc) is 3.07. The Labute approximate surface area is 162 Å². The smallest absolute Gasteiger partial charge is 0.0802 e. The van der Waals surface area contributed by atoms with Crippen LogP contribution in [0.2, 0.25) is 0 Å². The number of rotatable bonds is 12. The molecule has 1 aliphatic rings. The minimum atomic E-state index is -0.512. The normalized spacial score (nSPS) is 21.4. The molecule has 1 N–H and O–H groups in total. The van der Waals surface area contributed by atoms with Crippen LogP contribution in [0.15, 0.2) is 30.3 Å². The molecule has 2 atom stereocenters. The highest BCUT2D eigenvalue weighted by atomic mass is 16.3. The first-order chi connectivity index (χ1) is 12.6. The van der Waals surface area contributed by atoms with Gasteiger partial charge >= 0.3 is 0 Å². The summed E-state index contributed by atoms with van der Waals surface area (Å²) in [5.41, 5.74) is 0.865. The van der Waals surface area contributed by atoms with Gasteiger partial charge in [0.05, 0.1) is 5.60 Å². The lowest BCUT2D eigenvalue weighted by Crippen LogP contribution is -2.49. The van der Waals surface area contributed by atoms with Crippen LogP contribution in [0.1, 0.15) is 90.5 Å². The largest absolute Gasteiger partial charge is 0.388 e. The Bertz CT molecular complexity index is 478. The highest BCUT2D eigenvalue weighted by Gasteiger charge is 2.44. The average molecular weight is 360 g/mol. The molecule has 1 aliphatic heterocycles. The zero-order valence-corrected chi connectivity index (χ0v) is 17.4. The van der Waals surface area contributed by atoms with Gasteiger partial charge in [-0.05, 0) is 37.2 Å². The molecule has 148 valence electrons. The lowest BCUT2D eigenvalue weighted by Gasteiger charge is -2.40. The molecule has 1 heterocycles. The van der Waals surface area contributed by atoms with Gasteiger partial charge in [-0.15, -0.1) is 0 Å². The van der Waals surface area contributed by atoms with Crippen molar-refractivity contribution in [1.29, 1.82) is 0 Å². The van der Waals surface area contributed by atoms with Gasteiger partial charge in [-0.3, -0.25) is 4.90 Å². The summed E-state index contributed by atoms with van der Waals surface area (Å²) in [6.45, 7) is 8.89. The number of likely N-dealkylation sites (tertiary alicyclic amines) is 1. The van der Waals surface area contributed by atoms with E-state index in [0.717, 1.165) is 44.7 Å². The van der Waals surface area contributed by atoms with Gasteiger partial charge in [-0.1, -0.05) is 89.6 Å². The van der Waals surface area contributed by atoms with E-state index in [-0.39, 0.29) is 0 Å². The van der Waals surface area contributed by atoms with E-state index in [2.05, 4.69) is 56.0 Å². The Morgan fingerprint density at radius 2 is 1.58 bits per heavy atom. The van der Waals surface area contributed by atoms with Crippen LogP contribution < -0.4 is 0 Å². The van der Waals surface area contributed by atoms with Crippen molar-refractivity contribution in [3.63, 3.8) is 0 Å². The molecule has 0 amide bonds. The number of unbranched alkanes of at least 4 members (excludes halogenated alkanes) is 3. The predicted molar refractivity (Wildman–Crippen MR) is 112 cm³/mol. The lowest BCUT2D eigenvalue weighted by atomic mass is 9.81. The standard InChI is InChI=1S/C24H41NO/c1-4-7-13-22-18-23(24(26,16-8-5-2)17-9-6-3)25(20-22)19-21-14-11-10-12-15-21/h10-12,14-15,22-23,26H,4-9,13,16-20H2,1-3H3/t22-,23+/m0/s1. The third-order valence-corrected chi connectivity index (χ3v) is 6.23. The van der Waals surface area contributed by atoms with Gasteiger partial charge in [0.15, 0.2) is 0 Å². The zero-order chi connectivity index (χ0) is 18.8. The van der Waals surface area contributed by atoms with Gasteiger partial charge in [0, 0.05) is 19.1 Å². The molecule has 1 aromatic rings. The summed E-state index contributed by atoms with van der Waals surface area (Å²) >= 11 is 0. The van der Waals surface area contributed by atoms with E-state index in [1.165, 1.54) is 44.1 Å². The quantitative estimate of drug-likeness (QED) is 0.482. The Morgan fingerprint density at radius 3 is 2.15 bits per heavy atom. The minimum absolute atomic E-state index is 0.322. The summed E-state index contributed by atoms with van der Waals surface area (Å²) in [6.07, 6.45) is 11.6. The molecule has 2 heteroatoms. The molecule has 0 bridgehead atoms. The summed E-state index contributed by atoms with van der Waals surface area (Å²) in [5, 5.41) is 11.7. The fourth-order valence-corrected chi connectivity index (χ4v) is 4.68. The number of hydrogen-bond acceptors (Lipinski definition) is 2. The third kappa shape index (κ3) is 6.09. The van der Waals surface area contributed by atoms with Crippen molar-refractivity contribution in [3.8, 4) is 0 Å². The monoisotopic (exact) mass is 359 g/mol. The molecule has 26 heavy (non-hydrogen) atoms. The van der Waals surface area contributed by atoms with Crippen molar-refractivity contribution in [2.24, 2.45) is 5.92 Å². The summed E-state index contributed by atoms with van der Waals surface area (Å²) in [4.78, 5) is 2.61. The maximum absolute atomic E-state index is 11.7. The first-order valence-electron chi connectivity index (χ1n) is 11.1. The molecule has 0 radical (unpaired) electrons. The molecule has 1 fully saturated rings. The molecule has 0 aliphatic carbocycles. The molecule has 0 unspecified atom stereocenters. The molecule has 0 aromatic heterocycles. The van der Waals surface area contributed by atoms with Gasteiger partial charge < -0.3 is 5.11 Å². The Morgan fingerprint density at radius 1 is 0.962 bits per heavy atom. The van der Waals surface area contributed by atoms with E-state index in [1.807, 2.05) is 0 Å². The second-order valence-electron chi connectivity index (χ2n) is 8.49. The maximum Gasteiger partial charge on any atom is 0.0802 e. The van der Waals surface area contributed by atoms with Gasteiger partial charge in [-0.2, -0.15) is 0 Å². The van der Waals surface area contributed by atoms with Crippen LogP contribution in [0.4, 0.5) is 0 Å². The lowest BCUT2D eigenvalue weighted by molar-refractivity contribution is -0.0517. The van der Waals surface area contributed by atoms with Crippen LogP contribution in [0.5, 0.6) is 0 Å². The van der Waals surface area contributed by atoms with Crippen molar-refractivity contribution in [1.82, 2.24) is 4.90 Å². The zero-order valence-electron chi connectivity index (χ0n) is 17.4. The number of aliphatic hydroxyl groups is 1. The van der Waals surface area contributed by atoms with Crippen LogP contribution in [0.25, 0.3) is 0 Å². The summed E-state index contributed by atoms with van der Waals surface area (Å²) in [6, 6.07) is 11.1. The van der Waals surface area contributed by atoms with E-state index in [9.17, 15) is 5.11 Å². The molecule has 2 rings (SSSR count). The first-order valence-corrected chi connectivity index (χ1v) is 11.1. The van der Waals surface area contributed by atoms with Crippen LogP contribution in [-0.2, 0) is 6.54 Å². The van der Waals surface area contributed by atoms with Crippen LogP contribution >= 0.6 is 0 Å². The van der Waals surface area contributed by atoms with E-state index >= 15 is 0 Å². The summed E-state index contributed by atoms with van der Waals surface area (Å²) in [7, 11) is 0. The van der Waals surface area contributed by atoms with Crippen molar-refractivity contribution in [2.75, 3.05) is 6.54 Å². The van der Waals surface area contributed by atoms with Gasteiger partial charge in [0.25, 0.3) is 0 Å². The minimum Gasteiger partial charge on any atom is -0.388 e. The van der Waals surface area contributed by atoms with E-state index in [4.69, 9.17) is 0 Å². The van der Waals surface area contributed by atoms with Crippen LogP contribution in [0.3, 0.4) is 0 Å². The number of nitrogens with zero attached hydrogens (tertiary/aromatic N) is 1. The molecule has 2 nitrogen and oxygen atoms in total. The van der Waals surface area contributed by atoms with Crippen molar-refractivity contribution >= 4 is 0 Å². The molecule has 1 saturated heterocycles. The van der Waals surface area contributed by atoms with Crippen molar-refractivity contribution < 1.29 is 5.11 Å². The molecule has 1 aromatic carbocycles. The van der Waals surface area contributed by atoms with Crippen molar-refractivity contribution in [2.45, 2.75) is 103 Å². The number of benzene rings is 1. The maximum atomic E-state index is 11.7. The second kappa shape index (κ2) is 11.1. The Hall–Kier alpha value is -0.860. The highest BCUT2D eigenvalue weighted by Crippen LogP contribution is 2.39. The van der Waals surface area contributed by atoms with E-state index < -0.39 is 5.60 Å². The molecular weight excluding hydrogens is 318 g/mol. The van der Waals surface area contributed by atoms with Crippen LogP contribution in [0, 0.1) is 5.92 Å². The van der Waals surface area contributed by atoms with Crippen LogP contribution in [-0.4, -0.2) is 28.2 Å². The SMILES string of the molecule is CCCC[C@H]1C[C@H](C(O)(CCCC)CCCC)N(Cc2ccccc2)C1. The Kier molecular flexibility index (Phi) is 9.15. The van der Waals surface area contributed by atoms with E-state index in [0.29, 0.717) is 6.04 Å². The molecule has 0 saturated carbocycles. The summed E-state index contributed by atoms with van der Waals surface area (Å²) < 4.78 is 0. The highest BCUT2D eigenvalue weighted by molar-refractivity contribution is 5.15. The second-order valence-corrected chi connectivity index (χ2v) is 8.49. The third-order valence-electron chi connectivity index (χ3n) is 6.23. The van der Waals surface area contributed by atoms with Gasteiger partial charge in [-0.25, -0.2) is 0 Å². The Balaban J connectivity index is 2.16. The fraction of sp³-hybridized carbons (Fsp3) is 0.750. The first kappa shape index (κ1) is 21.4. The van der Waals surface area contributed by atoms with E-state index in [1.54, 1.807) is 0 Å². The molecular formula is C24H41NO. The van der Waals surface area contributed by atoms with Gasteiger partial charge in [0.2, 0.25) is 0 Å². The fourth-order valence-electron chi connectivity index (χ4n) is 4.68. The number of hydrogen-bond donors (Lipinski definition) is 1. The summed E-state index contributed by atoms with van der Waals surface area (Å²) in [5.74, 6) is 0.749.